The maximum atomic E-state index is 13.7. The van der Waals surface area contributed by atoms with E-state index in [1.54, 1.807) is 6.07 Å². The van der Waals surface area contributed by atoms with E-state index in [2.05, 4.69) is 15.5 Å². The molecule has 0 unspecified atom stereocenters. The number of nitrogens with zero attached hydrogens (tertiary/aromatic N) is 2. The summed E-state index contributed by atoms with van der Waals surface area (Å²) in [5.41, 5.74) is 1.64. The Balaban J connectivity index is 1.71. The molecule has 136 valence electrons. The molecule has 2 N–H and O–H groups in total. The van der Waals surface area contributed by atoms with Crippen LogP contribution in [0.15, 0.2) is 18.2 Å². The molecule has 7 heteroatoms. The van der Waals surface area contributed by atoms with Crippen LogP contribution in [0.5, 0.6) is 0 Å². The first-order chi connectivity index (χ1) is 12.0. The second-order valence-corrected chi connectivity index (χ2v) is 6.74. The van der Waals surface area contributed by atoms with Gasteiger partial charge in [-0.3, -0.25) is 9.59 Å². The van der Waals surface area contributed by atoms with Gasteiger partial charge < -0.3 is 20.4 Å². The number of hydrogen-bond acceptors (Lipinski definition) is 4. The molecule has 1 aromatic carbocycles. The summed E-state index contributed by atoms with van der Waals surface area (Å²) >= 11 is 0. The number of carbonyl (C=O) groups excluding carboxylic acids is 2. The number of fused-ring (bicyclic) bond motifs is 1. The molecule has 25 heavy (non-hydrogen) atoms. The van der Waals surface area contributed by atoms with Crippen LogP contribution in [0.4, 0.5) is 15.8 Å². The first-order valence-corrected chi connectivity index (χ1v) is 8.87. The highest BCUT2D eigenvalue weighted by Crippen LogP contribution is 2.32. The minimum atomic E-state index is -0.475. The van der Waals surface area contributed by atoms with Crippen molar-refractivity contribution in [1.82, 2.24) is 10.6 Å². The van der Waals surface area contributed by atoms with Gasteiger partial charge in [0, 0.05) is 26.7 Å². The van der Waals surface area contributed by atoms with E-state index < -0.39 is 6.04 Å². The van der Waals surface area contributed by atoms with Crippen molar-refractivity contribution in [3.05, 3.63) is 24.0 Å². The van der Waals surface area contributed by atoms with Crippen molar-refractivity contribution < 1.29 is 14.0 Å². The second kappa shape index (κ2) is 7.72. The van der Waals surface area contributed by atoms with Gasteiger partial charge in [0.25, 0.3) is 0 Å². The number of rotatable bonds is 3. The maximum absolute atomic E-state index is 13.7. The predicted octanol–water partition coefficient (Wildman–Crippen LogP) is 1.26. The quantitative estimate of drug-likeness (QED) is 0.863. The van der Waals surface area contributed by atoms with Crippen LogP contribution in [-0.2, 0) is 9.59 Å². The molecule has 1 fully saturated rings. The highest BCUT2D eigenvalue weighted by atomic mass is 19.1. The summed E-state index contributed by atoms with van der Waals surface area (Å²) in [6, 6.07) is 4.19. The molecule has 6 nitrogen and oxygen atoms in total. The van der Waals surface area contributed by atoms with Crippen molar-refractivity contribution in [2.75, 3.05) is 43.0 Å². The molecule has 1 saturated heterocycles. The van der Waals surface area contributed by atoms with Gasteiger partial charge >= 0.3 is 0 Å². The second-order valence-electron chi connectivity index (χ2n) is 6.74. The normalized spacial score (nSPS) is 21.0. The molecule has 0 aromatic heterocycles. The molecular weight excluding hydrogens is 323 g/mol. The third-order valence-electron chi connectivity index (χ3n) is 4.82. The topological polar surface area (TPSA) is 64.7 Å². The Kier molecular flexibility index (Phi) is 5.40. The van der Waals surface area contributed by atoms with E-state index >= 15 is 0 Å². The lowest BCUT2D eigenvalue weighted by Gasteiger charge is -2.26. The maximum Gasteiger partial charge on any atom is 0.242 e. The van der Waals surface area contributed by atoms with Gasteiger partial charge in [-0.15, -0.1) is 0 Å². The Morgan fingerprint density at radius 2 is 2.12 bits per heavy atom. The molecule has 1 aromatic rings. The van der Waals surface area contributed by atoms with Crippen LogP contribution in [0, 0.1) is 5.82 Å². The zero-order chi connectivity index (χ0) is 17.8. The Labute approximate surface area is 147 Å². The Hall–Kier alpha value is -2.31. The van der Waals surface area contributed by atoms with Gasteiger partial charge in [-0.25, -0.2) is 4.39 Å². The fourth-order valence-corrected chi connectivity index (χ4v) is 3.47. The minimum Gasteiger partial charge on any atom is -0.373 e. The molecule has 2 heterocycles. The molecule has 1 atom stereocenters. The van der Waals surface area contributed by atoms with E-state index in [4.69, 9.17) is 0 Å². The van der Waals surface area contributed by atoms with E-state index in [9.17, 15) is 14.0 Å². The van der Waals surface area contributed by atoms with E-state index in [0.29, 0.717) is 19.5 Å². The molecule has 2 amide bonds. The van der Waals surface area contributed by atoms with Crippen LogP contribution in [0.25, 0.3) is 0 Å². The van der Waals surface area contributed by atoms with Crippen molar-refractivity contribution in [1.29, 1.82) is 0 Å². The number of hydrogen-bond donors (Lipinski definition) is 2. The average Bonchev–Trinajstić information content (AvgIpc) is 2.86. The van der Waals surface area contributed by atoms with Crippen LogP contribution in [0.2, 0.25) is 0 Å². The monoisotopic (exact) mass is 348 g/mol. The number of nitrogens with one attached hydrogen (secondary N) is 2. The third-order valence-corrected chi connectivity index (χ3v) is 4.82. The summed E-state index contributed by atoms with van der Waals surface area (Å²) in [6.07, 6.45) is 3.38. The first-order valence-electron chi connectivity index (χ1n) is 8.87. The molecule has 0 bridgehead atoms. The molecule has 0 saturated carbocycles. The fraction of sp³-hybridized carbons (Fsp3) is 0.556. The molecule has 0 spiro atoms. The van der Waals surface area contributed by atoms with Gasteiger partial charge in [0.15, 0.2) is 0 Å². The fourth-order valence-electron chi connectivity index (χ4n) is 3.47. The van der Waals surface area contributed by atoms with E-state index in [0.717, 1.165) is 37.2 Å². The Bertz CT molecular complexity index is 652. The lowest BCUT2D eigenvalue weighted by atomic mass is 10.1. The minimum absolute atomic E-state index is 0.118. The summed E-state index contributed by atoms with van der Waals surface area (Å²) in [7, 11) is 1.97. The molecule has 0 aliphatic carbocycles. The van der Waals surface area contributed by atoms with E-state index in [1.807, 2.05) is 11.9 Å². The van der Waals surface area contributed by atoms with E-state index in [-0.39, 0.29) is 24.2 Å². The van der Waals surface area contributed by atoms with Crippen molar-refractivity contribution >= 4 is 23.2 Å². The SMILES string of the molecule is CN1CCCN(CC(=O)N[C@@H]2CCCCNC2=O)c2cc(F)ccc21. The Morgan fingerprint density at radius 1 is 1.28 bits per heavy atom. The molecule has 2 aliphatic rings. The zero-order valence-electron chi connectivity index (χ0n) is 14.6. The van der Waals surface area contributed by atoms with Crippen molar-refractivity contribution in [3.8, 4) is 0 Å². The first kappa shape index (κ1) is 17.5. The summed E-state index contributed by atoms with van der Waals surface area (Å²) < 4.78 is 13.7. The summed E-state index contributed by atoms with van der Waals surface area (Å²) in [4.78, 5) is 28.4. The summed E-state index contributed by atoms with van der Waals surface area (Å²) in [5, 5.41) is 5.65. The molecule has 2 aliphatic heterocycles. The molecular formula is C18H25FN4O2. The van der Waals surface area contributed by atoms with Crippen LogP contribution in [0.1, 0.15) is 25.7 Å². The Morgan fingerprint density at radius 3 is 2.96 bits per heavy atom. The van der Waals surface area contributed by atoms with Crippen LogP contribution >= 0.6 is 0 Å². The smallest absolute Gasteiger partial charge is 0.242 e. The van der Waals surface area contributed by atoms with Crippen molar-refractivity contribution in [2.45, 2.75) is 31.7 Å². The number of carbonyl (C=O) groups is 2. The van der Waals surface area contributed by atoms with Gasteiger partial charge in [0.1, 0.15) is 11.9 Å². The highest BCUT2D eigenvalue weighted by molar-refractivity contribution is 5.90. The molecule has 0 radical (unpaired) electrons. The number of benzene rings is 1. The average molecular weight is 348 g/mol. The highest BCUT2D eigenvalue weighted by Gasteiger charge is 2.25. The van der Waals surface area contributed by atoms with Crippen molar-refractivity contribution in [3.63, 3.8) is 0 Å². The van der Waals surface area contributed by atoms with E-state index in [1.165, 1.54) is 12.1 Å². The zero-order valence-corrected chi connectivity index (χ0v) is 14.6. The van der Waals surface area contributed by atoms with Gasteiger partial charge in [-0.05, 0) is 43.9 Å². The van der Waals surface area contributed by atoms with Crippen LogP contribution in [-0.4, -0.2) is 51.1 Å². The van der Waals surface area contributed by atoms with Crippen LogP contribution < -0.4 is 20.4 Å². The van der Waals surface area contributed by atoms with Crippen molar-refractivity contribution in [2.24, 2.45) is 0 Å². The largest absolute Gasteiger partial charge is 0.373 e. The lowest BCUT2D eigenvalue weighted by Crippen LogP contribution is -2.48. The van der Waals surface area contributed by atoms with Gasteiger partial charge in [-0.1, -0.05) is 0 Å². The third kappa shape index (κ3) is 4.21. The summed E-state index contributed by atoms with van der Waals surface area (Å²) in [5.74, 6) is -0.641. The molecule has 3 rings (SSSR count). The number of anilines is 2. The van der Waals surface area contributed by atoms with Gasteiger partial charge in [-0.2, -0.15) is 0 Å². The number of halogens is 1. The number of amides is 2. The standard InChI is InChI=1S/C18H25FN4O2/c1-22-9-4-10-23(16-11-13(19)6-7-15(16)22)12-17(24)21-14-5-2-3-8-20-18(14)25/h6-7,11,14H,2-5,8-10,12H2,1H3,(H,20,25)(H,21,24)/t14-/m1/s1. The lowest BCUT2D eigenvalue weighted by molar-refractivity contribution is -0.128. The van der Waals surface area contributed by atoms with Gasteiger partial charge in [0.05, 0.1) is 17.9 Å². The predicted molar refractivity (Wildman–Crippen MR) is 95.3 cm³/mol. The summed E-state index contributed by atoms with van der Waals surface area (Å²) in [6.45, 7) is 2.30. The van der Waals surface area contributed by atoms with Gasteiger partial charge in [0.2, 0.25) is 11.8 Å². The van der Waals surface area contributed by atoms with Crippen LogP contribution in [0.3, 0.4) is 0 Å².